The van der Waals surface area contributed by atoms with Gasteiger partial charge in [0.25, 0.3) is 0 Å². The van der Waals surface area contributed by atoms with Crippen LogP contribution in [0, 0.1) is 0 Å². The SMILES string of the molecule is CCCN1CCc2ccc(N(c3ccc(=O)n(C)c3)C(C)C)cc2C1. The third-order valence-electron chi connectivity index (χ3n) is 4.96. The first kappa shape index (κ1) is 17.7. The van der Waals surface area contributed by atoms with Gasteiger partial charge in [-0.3, -0.25) is 9.69 Å². The van der Waals surface area contributed by atoms with E-state index in [0.717, 1.165) is 25.2 Å². The lowest BCUT2D eigenvalue weighted by Crippen LogP contribution is -2.32. The average molecular weight is 339 g/mol. The molecule has 4 nitrogen and oxygen atoms in total. The molecule has 0 saturated heterocycles. The fourth-order valence-electron chi connectivity index (χ4n) is 3.73. The summed E-state index contributed by atoms with van der Waals surface area (Å²) in [6, 6.07) is 10.7. The summed E-state index contributed by atoms with van der Waals surface area (Å²) >= 11 is 0. The van der Waals surface area contributed by atoms with Crippen molar-refractivity contribution in [1.29, 1.82) is 0 Å². The maximum absolute atomic E-state index is 11.7. The summed E-state index contributed by atoms with van der Waals surface area (Å²) in [4.78, 5) is 16.6. The van der Waals surface area contributed by atoms with E-state index in [2.05, 4.69) is 48.8 Å². The number of aryl methyl sites for hydroxylation is 1. The smallest absolute Gasteiger partial charge is 0.250 e. The molecule has 134 valence electrons. The van der Waals surface area contributed by atoms with E-state index < -0.39 is 0 Å². The molecule has 0 amide bonds. The first-order valence-corrected chi connectivity index (χ1v) is 9.29. The largest absolute Gasteiger partial charge is 0.338 e. The number of pyridine rings is 1. The number of anilines is 2. The Morgan fingerprint density at radius 2 is 1.88 bits per heavy atom. The maximum atomic E-state index is 11.7. The topological polar surface area (TPSA) is 28.5 Å². The zero-order chi connectivity index (χ0) is 18.0. The minimum Gasteiger partial charge on any atom is -0.338 e. The summed E-state index contributed by atoms with van der Waals surface area (Å²) in [6.45, 7) is 9.98. The molecule has 1 aliphatic heterocycles. The van der Waals surface area contributed by atoms with Gasteiger partial charge in [-0.25, -0.2) is 0 Å². The van der Waals surface area contributed by atoms with E-state index in [4.69, 9.17) is 0 Å². The van der Waals surface area contributed by atoms with Crippen LogP contribution in [0.15, 0.2) is 41.3 Å². The standard InChI is InChI=1S/C21H29N3O/c1-5-11-23-12-10-17-6-7-19(13-18(17)14-23)24(16(2)3)20-8-9-21(25)22(4)15-20/h6-9,13,15-16H,5,10-12,14H2,1-4H3. The van der Waals surface area contributed by atoms with E-state index in [-0.39, 0.29) is 5.56 Å². The van der Waals surface area contributed by atoms with Crippen LogP contribution in [-0.2, 0) is 20.0 Å². The van der Waals surface area contributed by atoms with Gasteiger partial charge in [0.1, 0.15) is 0 Å². The van der Waals surface area contributed by atoms with Crippen LogP contribution in [0.3, 0.4) is 0 Å². The van der Waals surface area contributed by atoms with E-state index in [1.165, 1.54) is 29.8 Å². The number of rotatable bonds is 5. The molecule has 1 aliphatic rings. The quantitative estimate of drug-likeness (QED) is 0.831. The average Bonchev–Trinajstić information content (AvgIpc) is 2.58. The van der Waals surface area contributed by atoms with Gasteiger partial charge in [0.2, 0.25) is 5.56 Å². The Morgan fingerprint density at radius 1 is 1.12 bits per heavy atom. The molecule has 0 unspecified atom stereocenters. The molecule has 3 rings (SSSR count). The zero-order valence-electron chi connectivity index (χ0n) is 15.8. The normalized spacial score (nSPS) is 14.6. The van der Waals surface area contributed by atoms with Gasteiger partial charge >= 0.3 is 0 Å². The van der Waals surface area contributed by atoms with Gasteiger partial charge in [0.05, 0.1) is 5.69 Å². The summed E-state index contributed by atoms with van der Waals surface area (Å²) < 4.78 is 1.64. The van der Waals surface area contributed by atoms with E-state index in [0.29, 0.717) is 6.04 Å². The molecule has 0 bridgehead atoms. The summed E-state index contributed by atoms with van der Waals surface area (Å²) in [5.74, 6) is 0. The molecule has 1 aromatic heterocycles. The van der Waals surface area contributed by atoms with Gasteiger partial charge in [-0.1, -0.05) is 13.0 Å². The van der Waals surface area contributed by atoms with Crippen molar-refractivity contribution in [1.82, 2.24) is 9.47 Å². The third kappa shape index (κ3) is 3.79. The Labute approximate surface area is 150 Å². The van der Waals surface area contributed by atoms with Gasteiger partial charge in [-0.2, -0.15) is 0 Å². The molecule has 0 spiro atoms. The van der Waals surface area contributed by atoms with E-state index in [1.54, 1.807) is 17.7 Å². The summed E-state index contributed by atoms with van der Waals surface area (Å²) in [7, 11) is 1.81. The number of benzene rings is 1. The van der Waals surface area contributed by atoms with Crippen LogP contribution >= 0.6 is 0 Å². The van der Waals surface area contributed by atoms with Crippen molar-refractivity contribution in [2.75, 3.05) is 18.0 Å². The Hall–Kier alpha value is -2.07. The Bertz CT molecular complexity index is 794. The number of hydrogen-bond donors (Lipinski definition) is 0. The maximum Gasteiger partial charge on any atom is 0.250 e. The van der Waals surface area contributed by atoms with Crippen LogP contribution in [-0.4, -0.2) is 28.6 Å². The Kier molecular flexibility index (Phi) is 5.28. The lowest BCUT2D eigenvalue weighted by Gasteiger charge is -2.33. The molecule has 4 heteroatoms. The molecule has 2 heterocycles. The fraction of sp³-hybridized carbons (Fsp3) is 0.476. The van der Waals surface area contributed by atoms with Crippen LogP contribution < -0.4 is 10.5 Å². The van der Waals surface area contributed by atoms with E-state index >= 15 is 0 Å². The summed E-state index contributed by atoms with van der Waals surface area (Å²) in [5.41, 5.74) is 5.19. The third-order valence-corrected chi connectivity index (χ3v) is 4.96. The van der Waals surface area contributed by atoms with Crippen LogP contribution in [0.2, 0.25) is 0 Å². The predicted molar refractivity (Wildman–Crippen MR) is 105 cm³/mol. The first-order valence-electron chi connectivity index (χ1n) is 9.29. The van der Waals surface area contributed by atoms with Crippen molar-refractivity contribution in [2.45, 2.75) is 46.2 Å². The van der Waals surface area contributed by atoms with E-state index in [9.17, 15) is 4.79 Å². The minimum atomic E-state index is 0.0214. The lowest BCUT2D eigenvalue weighted by atomic mass is 9.98. The monoisotopic (exact) mass is 339 g/mol. The molecular formula is C21H29N3O. The highest BCUT2D eigenvalue weighted by Gasteiger charge is 2.19. The summed E-state index contributed by atoms with van der Waals surface area (Å²) in [5, 5.41) is 0. The second-order valence-corrected chi connectivity index (χ2v) is 7.28. The Morgan fingerprint density at radius 3 is 2.56 bits per heavy atom. The number of fused-ring (bicyclic) bond motifs is 1. The number of aromatic nitrogens is 1. The highest BCUT2D eigenvalue weighted by molar-refractivity contribution is 5.64. The number of hydrogen-bond acceptors (Lipinski definition) is 3. The number of nitrogens with zero attached hydrogens (tertiary/aromatic N) is 3. The first-order chi connectivity index (χ1) is 12.0. The second-order valence-electron chi connectivity index (χ2n) is 7.28. The molecular weight excluding hydrogens is 310 g/mol. The molecule has 0 aliphatic carbocycles. The van der Waals surface area contributed by atoms with Crippen molar-refractivity contribution in [3.63, 3.8) is 0 Å². The van der Waals surface area contributed by atoms with Crippen LogP contribution in [0.4, 0.5) is 11.4 Å². The zero-order valence-corrected chi connectivity index (χ0v) is 15.8. The highest BCUT2D eigenvalue weighted by Crippen LogP contribution is 2.31. The molecule has 0 fully saturated rings. The molecule has 0 N–H and O–H groups in total. The van der Waals surface area contributed by atoms with Crippen LogP contribution in [0.1, 0.15) is 38.3 Å². The Balaban J connectivity index is 1.96. The van der Waals surface area contributed by atoms with Crippen molar-refractivity contribution in [3.05, 3.63) is 58.0 Å². The molecule has 2 aromatic rings. The van der Waals surface area contributed by atoms with Gasteiger partial charge in [-0.05, 0) is 62.6 Å². The minimum absolute atomic E-state index is 0.0214. The van der Waals surface area contributed by atoms with Gasteiger partial charge in [-0.15, -0.1) is 0 Å². The van der Waals surface area contributed by atoms with Gasteiger partial charge in [0, 0.05) is 44.1 Å². The van der Waals surface area contributed by atoms with Crippen LogP contribution in [0.5, 0.6) is 0 Å². The molecule has 1 aromatic carbocycles. The molecule has 25 heavy (non-hydrogen) atoms. The van der Waals surface area contributed by atoms with E-state index in [1.807, 2.05) is 12.3 Å². The van der Waals surface area contributed by atoms with Crippen molar-refractivity contribution in [3.8, 4) is 0 Å². The second kappa shape index (κ2) is 7.44. The summed E-state index contributed by atoms with van der Waals surface area (Å²) in [6.07, 6.45) is 4.26. The predicted octanol–water partition coefficient (Wildman–Crippen LogP) is 3.70. The fourth-order valence-corrected chi connectivity index (χ4v) is 3.73. The molecule has 0 saturated carbocycles. The highest BCUT2D eigenvalue weighted by atomic mass is 16.1. The van der Waals surface area contributed by atoms with Crippen LogP contribution in [0.25, 0.3) is 0 Å². The van der Waals surface area contributed by atoms with Gasteiger partial charge < -0.3 is 9.47 Å². The molecule has 0 radical (unpaired) electrons. The lowest BCUT2D eigenvalue weighted by molar-refractivity contribution is 0.255. The van der Waals surface area contributed by atoms with Gasteiger partial charge in [0.15, 0.2) is 0 Å². The van der Waals surface area contributed by atoms with Crippen molar-refractivity contribution >= 4 is 11.4 Å². The van der Waals surface area contributed by atoms with Crippen molar-refractivity contribution in [2.24, 2.45) is 7.05 Å². The molecule has 0 atom stereocenters. The van der Waals surface area contributed by atoms with Crippen molar-refractivity contribution < 1.29 is 0 Å².